The van der Waals surface area contributed by atoms with E-state index in [2.05, 4.69) is 5.32 Å². The number of carbonyl (C=O) groups is 1. The molecule has 0 bridgehead atoms. The number of hydrogen-bond acceptors (Lipinski definition) is 4. The summed E-state index contributed by atoms with van der Waals surface area (Å²) in [5, 5.41) is 12.0. The molecule has 1 aromatic rings. The minimum absolute atomic E-state index is 0.0568. The molecule has 17 heavy (non-hydrogen) atoms. The Morgan fingerprint density at radius 1 is 1.35 bits per heavy atom. The van der Waals surface area contributed by atoms with Crippen LogP contribution in [0.2, 0.25) is 0 Å². The predicted molar refractivity (Wildman–Crippen MR) is 59.4 cm³/mol. The van der Waals surface area contributed by atoms with E-state index in [0.717, 1.165) is 32.1 Å². The third-order valence-corrected chi connectivity index (χ3v) is 2.90. The molecule has 0 amide bonds. The highest BCUT2D eigenvalue weighted by Gasteiger charge is 2.19. The van der Waals surface area contributed by atoms with Crippen LogP contribution < -0.4 is 16.6 Å². The molecule has 0 aliphatic carbocycles. The Balaban J connectivity index is 2.46. The molecule has 1 aliphatic rings. The van der Waals surface area contributed by atoms with Gasteiger partial charge in [0, 0.05) is 12.2 Å². The fourth-order valence-corrected chi connectivity index (χ4v) is 1.99. The summed E-state index contributed by atoms with van der Waals surface area (Å²) in [5.41, 5.74) is -1.80. The number of aromatic amines is 1. The number of H-pyrrole nitrogens is 1. The summed E-state index contributed by atoms with van der Waals surface area (Å²) in [6.45, 7) is 1.55. The van der Waals surface area contributed by atoms with Crippen LogP contribution in [-0.4, -0.2) is 33.7 Å². The second kappa shape index (κ2) is 4.54. The third kappa shape index (κ3) is 2.28. The van der Waals surface area contributed by atoms with Gasteiger partial charge in [0.1, 0.15) is 5.56 Å². The van der Waals surface area contributed by atoms with Crippen molar-refractivity contribution < 1.29 is 9.90 Å². The van der Waals surface area contributed by atoms with Crippen LogP contribution in [0.3, 0.4) is 0 Å². The molecule has 2 rings (SSSR count). The Kier molecular flexibility index (Phi) is 3.10. The van der Waals surface area contributed by atoms with Crippen molar-refractivity contribution >= 4 is 5.97 Å². The van der Waals surface area contributed by atoms with Crippen molar-refractivity contribution in [1.29, 1.82) is 0 Å². The van der Waals surface area contributed by atoms with Gasteiger partial charge < -0.3 is 10.4 Å². The zero-order valence-electron chi connectivity index (χ0n) is 9.10. The van der Waals surface area contributed by atoms with Crippen LogP contribution in [0.15, 0.2) is 15.8 Å². The molecule has 0 atom stereocenters. The number of carboxylic acids is 1. The molecule has 2 heterocycles. The van der Waals surface area contributed by atoms with E-state index in [1.54, 1.807) is 0 Å². The lowest BCUT2D eigenvalue weighted by Crippen LogP contribution is -2.39. The minimum atomic E-state index is -1.33. The van der Waals surface area contributed by atoms with E-state index in [4.69, 9.17) is 5.11 Å². The first-order valence-corrected chi connectivity index (χ1v) is 5.39. The van der Waals surface area contributed by atoms with Crippen LogP contribution in [0, 0.1) is 0 Å². The van der Waals surface area contributed by atoms with Crippen molar-refractivity contribution in [3.8, 4) is 0 Å². The number of carboxylic acid groups (broad SMARTS) is 1. The SMILES string of the molecule is O=C(O)c1cn(C2CCNCC2)c(=O)[nH]c1=O. The number of hydrogen-bond donors (Lipinski definition) is 3. The van der Waals surface area contributed by atoms with Gasteiger partial charge in [-0.2, -0.15) is 0 Å². The zero-order chi connectivity index (χ0) is 12.4. The van der Waals surface area contributed by atoms with Crippen LogP contribution in [0.5, 0.6) is 0 Å². The average Bonchev–Trinajstić information content (AvgIpc) is 2.29. The number of aromatic carboxylic acids is 1. The van der Waals surface area contributed by atoms with Crippen molar-refractivity contribution in [2.45, 2.75) is 18.9 Å². The van der Waals surface area contributed by atoms with Gasteiger partial charge in [-0.15, -0.1) is 0 Å². The predicted octanol–water partition coefficient (Wildman–Crippen LogP) is -0.841. The van der Waals surface area contributed by atoms with Crippen molar-refractivity contribution in [1.82, 2.24) is 14.9 Å². The monoisotopic (exact) mass is 239 g/mol. The first-order chi connectivity index (χ1) is 8.09. The minimum Gasteiger partial charge on any atom is -0.477 e. The smallest absolute Gasteiger partial charge is 0.342 e. The molecule has 1 fully saturated rings. The van der Waals surface area contributed by atoms with E-state index in [9.17, 15) is 14.4 Å². The van der Waals surface area contributed by atoms with Gasteiger partial charge >= 0.3 is 11.7 Å². The second-order valence-corrected chi connectivity index (χ2v) is 4.00. The molecule has 0 aromatic carbocycles. The number of rotatable bonds is 2. The maximum atomic E-state index is 11.6. The molecule has 0 unspecified atom stereocenters. The largest absolute Gasteiger partial charge is 0.477 e. The fourth-order valence-electron chi connectivity index (χ4n) is 1.99. The molecule has 3 N–H and O–H groups in total. The van der Waals surface area contributed by atoms with Crippen molar-refractivity contribution in [2.75, 3.05) is 13.1 Å². The van der Waals surface area contributed by atoms with Gasteiger partial charge in [0.15, 0.2) is 0 Å². The van der Waals surface area contributed by atoms with Gasteiger partial charge in [-0.25, -0.2) is 9.59 Å². The Hall–Kier alpha value is -1.89. The molecule has 7 heteroatoms. The summed E-state index contributed by atoms with van der Waals surface area (Å²) >= 11 is 0. The molecule has 7 nitrogen and oxygen atoms in total. The highest BCUT2D eigenvalue weighted by molar-refractivity contribution is 5.86. The standard InChI is InChI=1S/C10H13N3O4/c14-8-7(9(15)16)5-13(10(17)12-8)6-1-3-11-4-2-6/h5-6,11H,1-4H2,(H,15,16)(H,12,14,17). The lowest BCUT2D eigenvalue weighted by molar-refractivity contribution is 0.0693. The Bertz CT molecular complexity index is 539. The molecular weight excluding hydrogens is 226 g/mol. The van der Waals surface area contributed by atoms with Gasteiger partial charge in [0.2, 0.25) is 0 Å². The number of aromatic nitrogens is 2. The van der Waals surface area contributed by atoms with Crippen LogP contribution in [0.4, 0.5) is 0 Å². The maximum absolute atomic E-state index is 11.6. The summed E-state index contributed by atoms with van der Waals surface area (Å²) in [6, 6.07) is -0.0568. The van der Waals surface area contributed by atoms with E-state index >= 15 is 0 Å². The Morgan fingerprint density at radius 3 is 2.59 bits per heavy atom. The lowest BCUT2D eigenvalue weighted by atomic mass is 10.1. The van der Waals surface area contributed by atoms with Gasteiger partial charge in [-0.3, -0.25) is 14.3 Å². The average molecular weight is 239 g/mol. The van der Waals surface area contributed by atoms with Crippen LogP contribution >= 0.6 is 0 Å². The maximum Gasteiger partial charge on any atom is 0.342 e. The summed E-state index contributed by atoms with van der Waals surface area (Å²) in [4.78, 5) is 35.7. The van der Waals surface area contributed by atoms with Crippen LogP contribution in [-0.2, 0) is 0 Å². The highest BCUT2D eigenvalue weighted by Crippen LogP contribution is 2.15. The van der Waals surface area contributed by atoms with E-state index in [0.29, 0.717) is 0 Å². The normalized spacial score (nSPS) is 16.9. The number of nitrogens with one attached hydrogen (secondary N) is 2. The van der Waals surface area contributed by atoms with E-state index in [1.807, 2.05) is 4.98 Å². The van der Waals surface area contributed by atoms with Gasteiger partial charge in [0.05, 0.1) is 0 Å². The first kappa shape index (κ1) is 11.6. The lowest BCUT2D eigenvalue weighted by Gasteiger charge is -2.24. The van der Waals surface area contributed by atoms with E-state index in [1.165, 1.54) is 4.57 Å². The molecule has 0 saturated carbocycles. The Morgan fingerprint density at radius 2 is 2.00 bits per heavy atom. The first-order valence-electron chi connectivity index (χ1n) is 5.39. The summed E-state index contributed by atoms with van der Waals surface area (Å²) in [6.07, 6.45) is 2.62. The molecule has 0 radical (unpaired) electrons. The number of nitrogens with zero attached hydrogens (tertiary/aromatic N) is 1. The van der Waals surface area contributed by atoms with Crippen LogP contribution in [0.25, 0.3) is 0 Å². The van der Waals surface area contributed by atoms with E-state index in [-0.39, 0.29) is 6.04 Å². The molecular formula is C10H13N3O4. The van der Waals surface area contributed by atoms with Crippen molar-refractivity contribution in [2.24, 2.45) is 0 Å². The van der Waals surface area contributed by atoms with Crippen LogP contribution in [0.1, 0.15) is 29.2 Å². The van der Waals surface area contributed by atoms with Crippen molar-refractivity contribution in [3.05, 3.63) is 32.6 Å². The zero-order valence-corrected chi connectivity index (χ0v) is 9.10. The molecule has 1 aromatic heterocycles. The summed E-state index contributed by atoms with van der Waals surface area (Å²) < 4.78 is 1.31. The van der Waals surface area contributed by atoms with Crippen molar-refractivity contribution in [3.63, 3.8) is 0 Å². The second-order valence-electron chi connectivity index (χ2n) is 4.00. The third-order valence-electron chi connectivity index (χ3n) is 2.90. The van der Waals surface area contributed by atoms with Gasteiger partial charge in [0.25, 0.3) is 5.56 Å². The summed E-state index contributed by atoms with van der Waals surface area (Å²) in [5.74, 6) is -1.33. The quantitative estimate of drug-likeness (QED) is 0.624. The molecule has 0 spiro atoms. The van der Waals surface area contributed by atoms with E-state index < -0.39 is 22.8 Å². The highest BCUT2D eigenvalue weighted by atomic mass is 16.4. The topological polar surface area (TPSA) is 104 Å². The number of piperidine rings is 1. The molecule has 92 valence electrons. The fraction of sp³-hybridized carbons (Fsp3) is 0.500. The van der Waals surface area contributed by atoms with Gasteiger partial charge in [-0.05, 0) is 25.9 Å². The molecule has 1 saturated heterocycles. The summed E-state index contributed by atoms with van der Waals surface area (Å²) in [7, 11) is 0. The molecule has 1 aliphatic heterocycles. The van der Waals surface area contributed by atoms with Gasteiger partial charge in [-0.1, -0.05) is 0 Å². The Labute approximate surface area is 96.1 Å².